The van der Waals surface area contributed by atoms with Gasteiger partial charge in [-0.05, 0) is 54.4 Å². The van der Waals surface area contributed by atoms with Gasteiger partial charge >= 0.3 is 11.9 Å². The van der Waals surface area contributed by atoms with E-state index < -0.39 is 23.4 Å². The number of carbonyl (C=O) groups is 2. The Kier molecular flexibility index (Phi) is 6.90. The lowest BCUT2D eigenvalue weighted by Crippen LogP contribution is -2.12. The quantitative estimate of drug-likeness (QED) is 0.697. The molecule has 0 radical (unpaired) electrons. The number of carboxylic acid groups (broad SMARTS) is 2. The number of aromatic carboxylic acids is 2. The Labute approximate surface area is 170 Å². The Morgan fingerprint density at radius 1 is 0.793 bits per heavy atom. The predicted octanol–water partition coefficient (Wildman–Crippen LogP) is 3.85. The summed E-state index contributed by atoms with van der Waals surface area (Å²) in [6.45, 7) is 7.78. The fourth-order valence-corrected chi connectivity index (χ4v) is 3.25. The summed E-state index contributed by atoms with van der Waals surface area (Å²) in [6, 6.07) is 6.05. The van der Waals surface area contributed by atoms with E-state index in [0.29, 0.717) is 11.1 Å². The van der Waals surface area contributed by atoms with Crippen molar-refractivity contribution in [1.82, 2.24) is 0 Å². The molecule has 0 spiro atoms. The molecular formula is C23H26O6-2. The van der Waals surface area contributed by atoms with Crippen LogP contribution in [0, 0.1) is 0 Å². The Morgan fingerprint density at radius 2 is 1.14 bits per heavy atom. The number of hydrogen-bond acceptors (Lipinski definition) is 4. The van der Waals surface area contributed by atoms with Gasteiger partial charge in [-0.25, -0.2) is 9.59 Å². The van der Waals surface area contributed by atoms with Crippen LogP contribution in [0.5, 0.6) is 11.5 Å². The first kappa shape index (κ1) is 22.3. The molecule has 0 saturated heterocycles. The van der Waals surface area contributed by atoms with E-state index in [1.807, 2.05) is 27.7 Å². The molecule has 0 aliphatic rings. The number of hydrogen-bond donors (Lipinski definition) is 2. The molecule has 2 atom stereocenters. The van der Waals surface area contributed by atoms with Crippen LogP contribution in [-0.4, -0.2) is 22.2 Å². The van der Waals surface area contributed by atoms with E-state index in [9.17, 15) is 30.0 Å². The summed E-state index contributed by atoms with van der Waals surface area (Å²) in [5.41, 5.74) is 1.14. The fourth-order valence-electron chi connectivity index (χ4n) is 3.25. The van der Waals surface area contributed by atoms with Crippen molar-refractivity contribution in [2.75, 3.05) is 0 Å². The molecule has 0 aromatic heterocycles. The predicted molar refractivity (Wildman–Crippen MR) is 106 cm³/mol. The van der Waals surface area contributed by atoms with Crippen molar-refractivity contribution in [3.05, 3.63) is 57.6 Å². The van der Waals surface area contributed by atoms with Gasteiger partial charge in [0, 0.05) is 0 Å². The molecule has 2 rings (SSSR count). The first-order valence-electron chi connectivity index (χ1n) is 9.74. The van der Waals surface area contributed by atoms with Gasteiger partial charge in [-0.3, -0.25) is 0 Å². The molecule has 29 heavy (non-hydrogen) atoms. The molecule has 0 heterocycles. The van der Waals surface area contributed by atoms with Crippen molar-refractivity contribution >= 4 is 11.9 Å². The molecule has 2 N–H and O–H groups in total. The van der Waals surface area contributed by atoms with Crippen LogP contribution < -0.4 is 10.2 Å². The largest absolute Gasteiger partial charge is 0.872 e. The highest BCUT2D eigenvalue weighted by atomic mass is 16.4. The average Bonchev–Trinajstić information content (AvgIpc) is 2.68. The maximum absolute atomic E-state index is 12.7. The van der Waals surface area contributed by atoms with E-state index in [-0.39, 0.29) is 40.5 Å². The van der Waals surface area contributed by atoms with Crippen LogP contribution in [0.15, 0.2) is 24.3 Å². The van der Waals surface area contributed by atoms with Crippen LogP contribution in [0.3, 0.4) is 0 Å². The van der Waals surface area contributed by atoms with Gasteiger partial charge in [0.05, 0.1) is 11.1 Å². The lowest BCUT2D eigenvalue weighted by molar-refractivity contribution is -0.270. The summed E-state index contributed by atoms with van der Waals surface area (Å²) in [7, 11) is 0. The minimum Gasteiger partial charge on any atom is -0.872 e. The molecule has 6 nitrogen and oxygen atoms in total. The fraction of sp³-hybridized carbons (Fsp3) is 0.391. The zero-order valence-corrected chi connectivity index (χ0v) is 17.1. The van der Waals surface area contributed by atoms with Crippen LogP contribution in [0.2, 0.25) is 0 Å². The topological polar surface area (TPSA) is 121 Å². The first-order chi connectivity index (χ1) is 13.6. The highest BCUT2D eigenvalue weighted by Crippen LogP contribution is 2.33. The van der Waals surface area contributed by atoms with Gasteiger partial charge in [0.2, 0.25) is 0 Å². The van der Waals surface area contributed by atoms with Crippen LogP contribution in [0.1, 0.15) is 95.3 Å². The zero-order valence-electron chi connectivity index (χ0n) is 17.1. The smallest absolute Gasteiger partial charge is 0.335 e. The second-order valence-corrected chi connectivity index (χ2v) is 7.52. The van der Waals surface area contributed by atoms with Gasteiger partial charge in [-0.2, -0.15) is 0 Å². The highest BCUT2D eigenvalue weighted by Gasteiger charge is 2.17. The van der Waals surface area contributed by atoms with Gasteiger partial charge < -0.3 is 20.4 Å². The lowest BCUT2D eigenvalue weighted by atomic mass is 9.89. The van der Waals surface area contributed by atoms with Crippen molar-refractivity contribution in [3.63, 3.8) is 0 Å². The van der Waals surface area contributed by atoms with Gasteiger partial charge in [0.15, 0.2) is 0 Å². The Bertz CT molecular complexity index is 856. The molecule has 156 valence electrons. The summed E-state index contributed by atoms with van der Waals surface area (Å²) in [6.07, 6.45) is 1.42. The number of rotatable bonds is 8. The second-order valence-electron chi connectivity index (χ2n) is 7.52. The van der Waals surface area contributed by atoms with Gasteiger partial charge in [-0.15, -0.1) is 0 Å². The van der Waals surface area contributed by atoms with Crippen LogP contribution >= 0.6 is 0 Å². The molecule has 0 fully saturated rings. The van der Waals surface area contributed by atoms with Gasteiger partial charge in [0.1, 0.15) is 0 Å². The van der Waals surface area contributed by atoms with E-state index in [1.165, 1.54) is 12.1 Å². The van der Waals surface area contributed by atoms with Crippen LogP contribution in [0.25, 0.3) is 0 Å². The van der Waals surface area contributed by atoms with Gasteiger partial charge in [0.25, 0.3) is 0 Å². The molecule has 0 aliphatic carbocycles. The molecule has 0 unspecified atom stereocenters. The van der Waals surface area contributed by atoms with E-state index >= 15 is 0 Å². The summed E-state index contributed by atoms with van der Waals surface area (Å²) in [5.74, 6) is -3.84. The minimum atomic E-state index is -1.32. The Balaban J connectivity index is 2.66. The molecule has 0 bridgehead atoms. The molecule has 2 aromatic rings. The SMILES string of the molecule is CC[C@@H](C)c1cc(Cc2cc([C@@H](C)CC)cc(C(=O)O)c2[O-])c([O-])c(C(=O)O)c1. The zero-order chi connectivity index (χ0) is 21.9. The van der Waals surface area contributed by atoms with Crippen molar-refractivity contribution in [2.24, 2.45) is 0 Å². The maximum atomic E-state index is 12.7. The molecule has 0 aliphatic heterocycles. The maximum Gasteiger partial charge on any atom is 0.335 e. The van der Waals surface area contributed by atoms with Crippen molar-refractivity contribution in [3.8, 4) is 11.5 Å². The summed E-state index contributed by atoms with van der Waals surface area (Å²) >= 11 is 0. The van der Waals surface area contributed by atoms with Crippen molar-refractivity contribution in [2.45, 2.75) is 58.8 Å². The minimum absolute atomic E-state index is 0.0419. The van der Waals surface area contributed by atoms with Gasteiger partial charge in [-0.1, -0.05) is 62.5 Å². The van der Waals surface area contributed by atoms with Crippen LogP contribution in [-0.2, 0) is 6.42 Å². The summed E-state index contributed by atoms with van der Waals surface area (Å²) in [5, 5.41) is 44.2. The molecule has 0 saturated carbocycles. The molecule has 0 amide bonds. The monoisotopic (exact) mass is 398 g/mol. The molecule has 2 aromatic carbocycles. The molecular weight excluding hydrogens is 372 g/mol. The summed E-state index contributed by atoms with van der Waals surface area (Å²) < 4.78 is 0. The van der Waals surface area contributed by atoms with E-state index in [4.69, 9.17) is 0 Å². The third-order valence-corrected chi connectivity index (χ3v) is 5.58. The standard InChI is InChI=1S/C23H28O6/c1-5-12(3)14-7-16(20(24)18(10-14)22(26)27)9-17-8-15(13(4)6-2)11-19(21(17)25)23(28)29/h7-8,10-13,24-25H,5-6,9H2,1-4H3,(H,26,27)(H,28,29)/p-2/t12-,13+. The normalized spacial score (nSPS) is 13.1. The Hall–Kier alpha value is -3.02. The summed E-state index contributed by atoms with van der Waals surface area (Å²) in [4.78, 5) is 23.1. The third kappa shape index (κ3) is 4.70. The van der Waals surface area contributed by atoms with Crippen molar-refractivity contribution < 1.29 is 30.0 Å². The Morgan fingerprint density at radius 3 is 1.41 bits per heavy atom. The number of carboxylic acids is 2. The molecule has 6 heteroatoms. The van der Waals surface area contributed by atoms with Crippen LogP contribution in [0.4, 0.5) is 0 Å². The van der Waals surface area contributed by atoms with E-state index in [0.717, 1.165) is 12.8 Å². The highest BCUT2D eigenvalue weighted by molar-refractivity contribution is 5.92. The van der Waals surface area contributed by atoms with E-state index in [1.54, 1.807) is 12.1 Å². The number of benzene rings is 2. The van der Waals surface area contributed by atoms with Crippen molar-refractivity contribution in [1.29, 1.82) is 0 Å². The second kappa shape index (κ2) is 8.99. The third-order valence-electron chi connectivity index (χ3n) is 5.58. The average molecular weight is 398 g/mol. The van der Waals surface area contributed by atoms with E-state index in [2.05, 4.69) is 0 Å². The lowest BCUT2D eigenvalue weighted by Gasteiger charge is -2.24. The first-order valence-corrected chi connectivity index (χ1v) is 9.74.